The molecule has 1 heterocycles. The van der Waals surface area contributed by atoms with Crippen LogP contribution in [-0.2, 0) is 16.6 Å². The molecule has 0 radical (unpaired) electrons. The van der Waals surface area contributed by atoms with Crippen LogP contribution in [0.2, 0.25) is 0 Å². The predicted octanol–water partition coefficient (Wildman–Crippen LogP) is 2.05. The molecule has 0 fully saturated rings. The van der Waals surface area contributed by atoms with E-state index in [1.807, 2.05) is 0 Å². The average Bonchev–Trinajstić information content (AvgIpc) is 2.49. The van der Waals surface area contributed by atoms with Crippen LogP contribution >= 0.6 is 0 Å². The highest BCUT2D eigenvalue weighted by Gasteiger charge is 2.30. The van der Waals surface area contributed by atoms with Crippen LogP contribution in [0.1, 0.15) is 5.56 Å². The lowest BCUT2D eigenvalue weighted by Crippen LogP contribution is -2.26. The van der Waals surface area contributed by atoms with Crippen molar-refractivity contribution in [3.8, 4) is 5.75 Å². The maximum absolute atomic E-state index is 12.1. The molecule has 0 aliphatic carbocycles. The summed E-state index contributed by atoms with van der Waals surface area (Å²) in [6, 6.07) is 7.29. The molecule has 6 nitrogen and oxygen atoms in total. The van der Waals surface area contributed by atoms with E-state index < -0.39 is 21.9 Å². The Bertz CT molecular complexity index is 904. The first-order chi connectivity index (χ1) is 11.5. The number of halogens is 3. The Balaban J connectivity index is 2.27. The zero-order valence-corrected chi connectivity index (χ0v) is 14.1. The van der Waals surface area contributed by atoms with Gasteiger partial charge < -0.3 is 9.30 Å². The zero-order chi connectivity index (χ0) is 18.8. The summed E-state index contributed by atoms with van der Waals surface area (Å²) in [4.78, 5) is 11.8. The van der Waals surface area contributed by atoms with Crippen LogP contribution in [0.15, 0.2) is 52.3 Å². The van der Waals surface area contributed by atoms with Gasteiger partial charge in [-0.2, -0.15) is 0 Å². The Labute approximate surface area is 142 Å². The van der Waals surface area contributed by atoms with Gasteiger partial charge in [0.15, 0.2) is 0 Å². The van der Waals surface area contributed by atoms with Gasteiger partial charge in [-0.1, -0.05) is 12.1 Å². The van der Waals surface area contributed by atoms with Crippen molar-refractivity contribution in [3.63, 3.8) is 0 Å². The molecule has 1 aromatic heterocycles. The second-order valence-electron chi connectivity index (χ2n) is 5.31. The van der Waals surface area contributed by atoms with Crippen molar-refractivity contribution >= 4 is 10.0 Å². The number of ether oxygens (including phenoxy) is 1. The highest BCUT2D eigenvalue weighted by atomic mass is 32.2. The van der Waals surface area contributed by atoms with Crippen LogP contribution in [0.5, 0.6) is 5.75 Å². The number of hydrogen-bond donors (Lipinski definition) is 0. The van der Waals surface area contributed by atoms with E-state index in [0.717, 1.165) is 27.1 Å². The first-order valence-corrected chi connectivity index (χ1v) is 8.41. The zero-order valence-electron chi connectivity index (χ0n) is 13.3. The second-order valence-corrected chi connectivity index (χ2v) is 7.46. The Morgan fingerprint density at radius 1 is 1.08 bits per heavy atom. The molecule has 0 atom stereocenters. The number of hydrogen-bond acceptors (Lipinski definition) is 4. The molecular formula is C15H15F3N2O4S. The number of aromatic nitrogens is 1. The molecule has 0 amide bonds. The van der Waals surface area contributed by atoms with Crippen LogP contribution in [0.3, 0.4) is 0 Å². The maximum atomic E-state index is 12.1. The fourth-order valence-electron chi connectivity index (χ4n) is 1.99. The minimum atomic E-state index is -4.78. The third-order valence-electron chi connectivity index (χ3n) is 3.24. The molecule has 0 N–H and O–H groups in total. The molecule has 0 aliphatic heterocycles. The standard InChI is InChI=1S/C15H15F3N2O4S/c1-19(2)25(22,23)13-7-8-14(21)20(10-13)9-11-3-5-12(6-4-11)24-15(16,17)18/h3-8,10H,9H2,1-2H3. The quantitative estimate of drug-likeness (QED) is 0.801. The summed E-state index contributed by atoms with van der Waals surface area (Å²) in [5.41, 5.74) is 0.0735. The molecule has 0 aliphatic rings. The van der Waals surface area contributed by atoms with Crippen molar-refractivity contribution in [1.29, 1.82) is 0 Å². The smallest absolute Gasteiger partial charge is 0.406 e. The summed E-state index contributed by atoms with van der Waals surface area (Å²) in [6.07, 6.45) is -3.59. The molecule has 2 aromatic rings. The molecule has 25 heavy (non-hydrogen) atoms. The Hall–Kier alpha value is -2.33. The largest absolute Gasteiger partial charge is 0.573 e. The molecule has 0 spiro atoms. The van der Waals surface area contributed by atoms with Crippen LogP contribution in [0, 0.1) is 0 Å². The summed E-state index contributed by atoms with van der Waals surface area (Å²) in [7, 11) is -0.976. The van der Waals surface area contributed by atoms with E-state index in [1.165, 1.54) is 38.5 Å². The monoisotopic (exact) mass is 376 g/mol. The second kappa shape index (κ2) is 6.89. The van der Waals surface area contributed by atoms with Gasteiger partial charge in [0.1, 0.15) is 5.75 Å². The Kier molecular flexibility index (Phi) is 5.23. The number of benzene rings is 1. The van der Waals surface area contributed by atoms with Crippen LogP contribution < -0.4 is 10.3 Å². The molecule has 2 rings (SSSR count). The molecular weight excluding hydrogens is 361 g/mol. The average molecular weight is 376 g/mol. The first-order valence-electron chi connectivity index (χ1n) is 6.97. The van der Waals surface area contributed by atoms with Gasteiger partial charge in [-0.15, -0.1) is 13.2 Å². The maximum Gasteiger partial charge on any atom is 0.573 e. The van der Waals surface area contributed by atoms with Crippen molar-refractivity contribution in [2.75, 3.05) is 14.1 Å². The number of rotatable bonds is 5. The number of nitrogens with zero attached hydrogens (tertiary/aromatic N) is 2. The number of sulfonamides is 1. The predicted molar refractivity (Wildman–Crippen MR) is 83.8 cm³/mol. The number of pyridine rings is 1. The SMILES string of the molecule is CN(C)S(=O)(=O)c1ccc(=O)n(Cc2ccc(OC(F)(F)F)cc2)c1. The van der Waals surface area contributed by atoms with Gasteiger partial charge in [-0.25, -0.2) is 12.7 Å². The highest BCUT2D eigenvalue weighted by molar-refractivity contribution is 7.89. The van der Waals surface area contributed by atoms with E-state index in [4.69, 9.17) is 0 Å². The van der Waals surface area contributed by atoms with Crippen LogP contribution in [-0.4, -0.2) is 37.7 Å². The summed E-state index contributed by atoms with van der Waals surface area (Å²) in [5, 5.41) is 0. The van der Waals surface area contributed by atoms with Crippen molar-refractivity contribution in [2.45, 2.75) is 17.8 Å². The van der Waals surface area contributed by atoms with Gasteiger partial charge in [0, 0.05) is 26.4 Å². The van der Waals surface area contributed by atoms with Gasteiger partial charge in [0.2, 0.25) is 10.0 Å². The molecule has 0 saturated carbocycles. The lowest BCUT2D eigenvalue weighted by Gasteiger charge is -2.13. The van der Waals surface area contributed by atoms with E-state index >= 15 is 0 Å². The van der Waals surface area contributed by atoms with Crippen molar-refractivity contribution in [1.82, 2.24) is 8.87 Å². The van der Waals surface area contributed by atoms with E-state index in [0.29, 0.717) is 5.56 Å². The van der Waals surface area contributed by atoms with Crippen molar-refractivity contribution in [2.24, 2.45) is 0 Å². The molecule has 0 saturated heterocycles. The topological polar surface area (TPSA) is 68.6 Å². The summed E-state index contributed by atoms with van der Waals surface area (Å²) < 4.78 is 66.6. The van der Waals surface area contributed by atoms with Crippen molar-refractivity contribution < 1.29 is 26.3 Å². The van der Waals surface area contributed by atoms with Crippen molar-refractivity contribution in [3.05, 3.63) is 58.5 Å². The molecule has 10 heteroatoms. The van der Waals surface area contributed by atoms with Gasteiger partial charge in [0.25, 0.3) is 5.56 Å². The Morgan fingerprint density at radius 2 is 1.68 bits per heavy atom. The van der Waals surface area contributed by atoms with E-state index in [1.54, 1.807) is 0 Å². The summed E-state index contributed by atoms with van der Waals surface area (Å²) >= 11 is 0. The normalized spacial score (nSPS) is 12.4. The van der Waals surface area contributed by atoms with E-state index in [2.05, 4.69) is 4.74 Å². The Morgan fingerprint density at radius 3 is 2.20 bits per heavy atom. The fourth-order valence-corrected chi connectivity index (χ4v) is 2.91. The number of alkyl halides is 3. The highest BCUT2D eigenvalue weighted by Crippen LogP contribution is 2.23. The molecule has 0 unspecified atom stereocenters. The first kappa shape index (κ1) is 19.0. The third-order valence-corrected chi connectivity index (χ3v) is 5.04. The summed E-state index contributed by atoms with van der Waals surface area (Å²) in [6.45, 7) is 0.00190. The lowest BCUT2D eigenvalue weighted by atomic mass is 10.2. The van der Waals surface area contributed by atoms with Gasteiger partial charge in [0.05, 0.1) is 11.4 Å². The minimum Gasteiger partial charge on any atom is -0.406 e. The molecule has 136 valence electrons. The van der Waals surface area contributed by atoms with E-state index in [-0.39, 0.29) is 17.2 Å². The fraction of sp³-hybridized carbons (Fsp3) is 0.267. The van der Waals surface area contributed by atoms with Gasteiger partial charge >= 0.3 is 6.36 Å². The molecule has 1 aromatic carbocycles. The third kappa shape index (κ3) is 4.83. The minimum absolute atomic E-state index is 0.00190. The van der Waals surface area contributed by atoms with E-state index in [9.17, 15) is 26.4 Å². The van der Waals surface area contributed by atoms with Crippen LogP contribution in [0.25, 0.3) is 0 Å². The van der Waals surface area contributed by atoms with Gasteiger partial charge in [-0.3, -0.25) is 4.79 Å². The van der Waals surface area contributed by atoms with Crippen LogP contribution in [0.4, 0.5) is 13.2 Å². The molecule has 0 bridgehead atoms. The summed E-state index contributed by atoms with van der Waals surface area (Å²) in [5.74, 6) is -0.382. The van der Waals surface area contributed by atoms with Gasteiger partial charge in [-0.05, 0) is 23.8 Å². The lowest BCUT2D eigenvalue weighted by molar-refractivity contribution is -0.274.